The number of rotatable bonds is 5. The molecule has 0 saturated heterocycles. The molecule has 2 aromatic carbocycles. The van der Waals surface area contributed by atoms with Crippen molar-refractivity contribution >= 4 is 5.91 Å². The average molecular weight is 376 g/mol. The Labute approximate surface area is 164 Å². The molecule has 0 atom stereocenters. The Morgan fingerprint density at radius 1 is 1.07 bits per heavy atom. The van der Waals surface area contributed by atoms with E-state index in [4.69, 9.17) is 15.2 Å². The van der Waals surface area contributed by atoms with Gasteiger partial charge in [0.2, 0.25) is 0 Å². The van der Waals surface area contributed by atoms with Crippen LogP contribution in [0.2, 0.25) is 0 Å². The molecule has 144 valence electrons. The number of nitrogens with two attached hydrogens (primary N) is 1. The van der Waals surface area contributed by atoms with Crippen LogP contribution in [0.5, 0.6) is 11.5 Å². The second kappa shape index (κ2) is 7.43. The molecule has 0 saturated carbocycles. The maximum atomic E-state index is 12.4. The quantitative estimate of drug-likeness (QED) is 0.733. The number of hydrogen-bond donors (Lipinski definition) is 1. The van der Waals surface area contributed by atoms with E-state index in [0.717, 1.165) is 34.7 Å². The highest BCUT2D eigenvalue weighted by molar-refractivity contribution is 6.02. The number of hydrogen-bond acceptors (Lipinski definition) is 3. The number of carbonyl (C=O) groups is 1. The predicted octanol–water partition coefficient (Wildman–Crippen LogP) is 3.94. The number of ether oxygens (including phenoxy) is 2. The van der Waals surface area contributed by atoms with Crippen molar-refractivity contribution in [1.29, 1.82) is 0 Å². The Bertz CT molecular complexity index is 1020. The maximum absolute atomic E-state index is 12.4. The Kier molecular flexibility index (Phi) is 4.82. The molecule has 28 heavy (non-hydrogen) atoms. The lowest BCUT2D eigenvalue weighted by molar-refractivity contribution is 0.1000. The first-order valence-electron chi connectivity index (χ1n) is 9.55. The van der Waals surface area contributed by atoms with Gasteiger partial charge >= 0.3 is 0 Å². The molecule has 0 spiro atoms. The second-order valence-corrected chi connectivity index (χ2v) is 6.93. The highest BCUT2D eigenvalue weighted by Crippen LogP contribution is 2.39. The maximum Gasteiger partial charge on any atom is 0.251 e. The van der Waals surface area contributed by atoms with Crippen LogP contribution in [-0.2, 0) is 13.0 Å². The van der Waals surface area contributed by atoms with E-state index in [1.165, 1.54) is 5.56 Å². The Balaban J connectivity index is 1.89. The van der Waals surface area contributed by atoms with Crippen molar-refractivity contribution in [3.8, 4) is 22.6 Å². The van der Waals surface area contributed by atoms with Crippen molar-refractivity contribution in [2.75, 3.05) is 13.2 Å². The number of aromatic nitrogens is 1. The summed E-state index contributed by atoms with van der Waals surface area (Å²) >= 11 is 0. The van der Waals surface area contributed by atoms with E-state index in [1.807, 2.05) is 43.3 Å². The molecule has 0 radical (unpaired) electrons. The van der Waals surface area contributed by atoms with E-state index in [2.05, 4.69) is 23.6 Å². The van der Waals surface area contributed by atoms with Gasteiger partial charge in [-0.25, -0.2) is 0 Å². The van der Waals surface area contributed by atoms with Crippen LogP contribution in [-0.4, -0.2) is 23.7 Å². The van der Waals surface area contributed by atoms with Gasteiger partial charge in [0.1, 0.15) is 13.2 Å². The topological polar surface area (TPSA) is 66.5 Å². The molecule has 1 aliphatic heterocycles. The normalized spacial score (nSPS) is 12.8. The van der Waals surface area contributed by atoms with Crippen molar-refractivity contribution in [2.45, 2.75) is 26.8 Å². The number of benzene rings is 2. The molecule has 5 nitrogen and oxygen atoms in total. The molecule has 0 aliphatic carbocycles. The van der Waals surface area contributed by atoms with Gasteiger partial charge in [-0.2, -0.15) is 0 Å². The molecular formula is C23H24N2O3. The minimum Gasteiger partial charge on any atom is -0.486 e. The number of fused-ring (bicyclic) bond motifs is 1. The molecule has 1 amide bonds. The van der Waals surface area contributed by atoms with Crippen LogP contribution in [0.3, 0.4) is 0 Å². The standard InChI is InChI=1S/C23H24N2O3/c1-3-18-22(17-9-10-19-20(13-17)28-12-11-27-19)21(23(24)26)15(2)25(18)14-16-7-5-4-6-8-16/h4-10,13H,3,11-12,14H2,1-2H3,(H2,24,26). The van der Waals surface area contributed by atoms with Crippen LogP contribution in [0.1, 0.15) is 34.2 Å². The average Bonchev–Trinajstić information content (AvgIpc) is 3.00. The van der Waals surface area contributed by atoms with Crippen molar-refractivity contribution in [3.05, 3.63) is 71.0 Å². The van der Waals surface area contributed by atoms with Gasteiger partial charge in [-0.1, -0.05) is 43.3 Å². The summed E-state index contributed by atoms with van der Waals surface area (Å²) in [5.74, 6) is 1.02. The van der Waals surface area contributed by atoms with Crippen LogP contribution in [0.25, 0.3) is 11.1 Å². The lowest BCUT2D eigenvalue weighted by Crippen LogP contribution is -2.15. The number of nitrogens with zero attached hydrogens (tertiary/aromatic N) is 1. The third kappa shape index (κ3) is 3.13. The van der Waals surface area contributed by atoms with Crippen LogP contribution < -0.4 is 15.2 Å². The lowest BCUT2D eigenvalue weighted by atomic mass is 9.98. The van der Waals surface area contributed by atoms with Gasteiger partial charge in [0, 0.05) is 23.5 Å². The number of carbonyl (C=O) groups excluding carboxylic acids is 1. The van der Waals surface area contributed by atoms with Gasteiger partial charge in [0.15, 0.2) is 11.5 Å². The molecule has 1 aliphatic rings. The van der Waals surface area contributed by atoms with Gasteiger partial charge in [0.05, 0.1) is 5.56 Å². The minimum absolute atomic E-state index is 0.413. The molecule has 0 bridgehead atoms. The molecule has 3 aromatic rings. The summed E-state index contributed by atoms with van der Waals surface area (Å²) in [5, 5.41) is 0. The molecule has 2 heterocycles. The van der Waals surface area contributed by atoms with Gasteiger partial charge in [-0.15, -0.1) is 0 Å². The van der Waals surface area contributed by atoms with E-state index in [1.54, 1.807) is 0 Å². The van der Waals surface area contributed by atoms with Gasteiger partial charge in [0.25, 0.3) is 5.91 Å². The van der Waals surface area contributed by atoms with Crippen LogP contribution >= 0.6 is 0 Å². The zero-order valence-corrected chi connectivity index (χ0v) is 16.2. The fraction of sp³-hybridized carbons (Fsp3) is 0.261. The zero-order chi connectivity index (χ0) is 19.7. The first-order chi connectivity index (χ1) is 13.6. The third-order valence-electron chi connectivity index (χ3n) is 5.23. The van der Waals surface area contributed by atoms with E-state index in [9.17, 15) is 4.79 Å². The smallest absolute Gasteiger partial charge is 0.251 e. The largest absolute Gasteiger partial charge is 0.486 e. The van der Waals surface area contributed by atoms with E-state index < -0.39 is 5.91 Å². The van der Waals surface area contributed by atoms with Crippen LogP contribution in [0.4, 0.5) is 0 Å². The van der Waals surface area contributed by atoms with E-state index in [0.29, 0.717) is 31.1 Å². The second-order valence-electron chi connectivity index (χ2n) is 6.93. The monoisotopic (exact) mass is 376 g/mol. The van der Waals surface area contributed by atoms with Crippen LogP contribution in [0, 0.1) is 6.92 Å². The first kappa shape index (κ1) is 18.2. The fourth-order valence-electron chi connectivity index (χ4n) is 3.96. The van der Waals surface area contributed by atoms with E-state index >= 15 is 0 Å². The van der Waals surface area contributed by atoms with Gasteiger partial charge < -0.3 is 19.8 Å². The summed E-state index contributed by atoms with van der Waals surface area (Å²) in [5.41, 5.74) is 11.4. The molecular weight excluding hydrogens is 352 g/mol. The summed E-state index contributed by atoms with van der Waals surface area (Å²) in [4.78, 5) is 12.4. The molecule has 4 rings (SSSR count). The minimum atomic E-state index is -0.413. The third-order valence-corrected chi connectivity index (χ3v) is 5.23. The predicted molar refractivity (Wildman–Crippen MR) is 109 cm³/mol. The number of amides is 1. The van der Waals surface area contributed by atoms with Crippen molar-refractivity contribution in [2.24, 2.45) is 5.73 Å². The molecule has 1 aromatic heterocycles. The molecule has 5 heteroatoms. The summed E-state index contributed by atoms with van der Waals surface area (Å²) in [7, 11) is 0. The Hall–Kier alpha value is -3.21. The lowest BCUT2D eigenvalue weighted by Gasteiger charge is -2.19. The van der Waals surface area contributed by atoms with Gasteiger partial charge in [-0.05, 0) is 36.6 Å². The summed E-state index contributed by atoms with van der Waals surface area (Å²) in [6, 6.07) is 16.1. The number of primary amides is 1. The van der Waals surface area contributed by atoms with Crippen molar-refractivity contribution < 1.29 is 14.3 Å². The highest BCUT2D eigenvalue weighted by atomic mass is 16.6. The highest BCUT2D eigenvalue weighted by Gasteiger charge is 2.25. The first-order valence-corrected chi connectivity index (χ1v) is 9.55. The molecule has 2 N–H and O–H groups in total. The fourth-order valence-corrected chi connectivity index (χ4v) is 3.96. The van der Waals surface area contributed by atoms with Gasteiger partial charge in [-0.3, -0.25) is 4.79 Å². The molecule has 0 unspecified atom stereocenters. The Morgan fingerprint density at radius 3 is 2.46 bits per heavy atom. The van der Waals surface area contributed by atoms with E-state index in [-0.39, 0.29) is 0 Å². The summed E-state index contributed by atoms with van der Waals surface area (Å²) in [6.07, 6.45) is 0.782. The van der Waals surface area contributed by atoms with Crippen molar-refractivity contribution in [3.63, 3.8) is 0 Å². The molecule has 0 fully saturated rings. The SMILES string of the molecule is CCc1c(-c2ccc3c(c2)OCCO3)c(C(N)=O)c(C)n1Cc1ccccc1. The van der Waals surface area contributed by atoms with Crippen molar-refractivity contribution in [1.82, 2.24) is 4.57 Å². The summed E-state index contributed by atoms with van der Waals surface area (Å²) < 4.78 is 13.6. The Morgan fingerprint density at radius 2 is 1.79 bits per heavy atom. The van der Waals surface area contributed by atoms with Crippen LogP contribution in [0.15, 0.2) is 48.5 Å². The zero-order valence-electron chi connectivity index (χ0n) is 16.2. The summed E-state index contributed by atoms with van der Waals surface area (Å²) in [6.45, 7) is 5.83.